The van der Waals surface area contributed by atoms with Gasteiger partial charge in [0.05, 0.1) is 17.2 Å². The van der Waals surface area contributed by atoms with Gasteiger partial charge in [-0.15, -0.1) is 5.10 Å². The van der Waals surface area contributed by atoms with E-state index in [-0.39, 0.29) is 6.61 Å². The zero-order chi connectivity index (χ0) is 28.9. The lowest BCUT2D eigenvalue weighted by Gasteiger charge is -2.29. The second-order valence-corrected chi connectivity index (χ2v) is 11.7. The zero-order valence-electron chi connectivity index (χ0n) is 22.7. The number of anilines is 1. The third-order valence-corrected chi connectivity index (χ3v) is 7.96. The van der Waals surface area contributed by atoms with Crippen LogP contribution in [0.3, 0.4) is 0 Å². The third kappa shape index (κ3) is 6.55. The fourth-order valence-electron chi connectivity index (χ4n) is 4.47. The summed E-state index contributed by atoms with van der Waals surface area (Å²) in [5, 5.41) is 9.25. The van der Waals surface area contributed by atoms with E-state index in [9.17, 15) is 4.79 Å². The molecule has 1 aromatic heterocycles. The Morgan fingerprint density at radius 1 is 1.10 bits per heavy atom. The molecule has 1 aliphatic heterocycles. The standard InChI is InChI=1S/C30H28BrClN4O4S/c1-4-41-30-34-29-33-18(2)25(28(37)40-17-19-8-6-5-7-9-19)26(36(29)35-30)21-14-23(31)27(24(15-21)38-3)39-16-20-10-12-22(32)13-11-20/h5-15,26H,4,16-17H2,1-3H3,(H,33,34,35). The van der Waals surface area contributed by atoms with Crippen LogP contribution in [-0.2, 0) is 22.7 Å². The Hall–Kier alpha value is -3.47. The second-order valence-electron chi connectivity index (χ2n) is 9.17. The van der Waals surface area contributed by atoms with Crippen LogP contribution in [0.15, 0.2) is 87.6 Å². The summed E-state index contributed by atoms with van der Waals surface area (Å²) in [6.45, 7) is 4.34. The third-order valence-electron chi connectivity index (χ3n) is 6.40. The van der Waals surface area contributed by atoms with E-state index in [1.807, 2.05) is 80.6 Å². The SMILES string of the molecule is CCSc1nc2n(n1)C(c1cc(Br)c(OCc3ccc(Cl)cc3)c(OC)c1)C(C(=O)OCc1ccccc1)=C(C)N2. The van der Waals surface area contributed by atoms with Gasteiger partial charge < -0.3 is 19.5 Å². The predicted molar refractivity (Wildman–Crippen MR) is 164 cm³/mol. The van der Waals surface area contributed by atoms with Crippen LogP contribution in [0.25, 0.3) is 0 Å². The molecule has 5 rings (SSSR count). The molecular formula is C30H28BrClN4O4S. The highest BCUT2D eigenvalue weighted by Gasteiger charge is 2.36. The summed E-state index contributed by atoms with van der Waals surface area (Å²) in [5.41, 5.74) is 3.67. The summed E-state index contributed by atoms with van der Waals surface area (Å²) < 4.78 is 20.1. The number of aromatic nitrogens is 3. The van der Waals surface area contributed by atoms with Gasteiger partial charge in [-0.1, -0.05) is 72.8 Å². The number of benzene rings is 3. The molecule has 1 aliphatic rings. The molecule has 0 bridgehead atoms. The number of allylic oxidation sites excluding steroid dienone is 1. The number of hydrogen-bond donors (Lipinski definition) is 1. The van der Waals surface area contributed by atoms with E-state index in [2.05, 4.69) is 26.2 Å². The molecule has 0 radical (unpaired) electrons. The van der Waals surface area contributed by atoms with E-state index in [1.165, 1.54) is 11.8 Å². The summed E-state index contributed by atoms with van der Waals surface area (Å²) in [4.78, 5) is 18.3. The van der Waals surface area contributed by atoms with Crippen LogP contribution in [0.1, 0.15) is 36.6 Å². The molecule has 1 atom stereocenters. The average molecular weight is 656 g/mol. The Bertz CT molecular complexity index is 1580. The van der Waals surface area contributed by atoms with Crippen LogP contribution in [0, 0.1) is 0 Å². The zero-order valence-corrected chi connectivity index (χ0v) is 25.8. The lowest BCUT2D eigenvalue weighted by Crippen LogP contribution is -2.29. The van der Waals surface area contributed by atoms with Crippen molar-refractivity contribution >= 4 is 51.2 Å². The van der Waals surface area contributed by atoms with E-state index in [1.54, 1.807) is 11.8 Å². The highest BCUT2D eigenvalue weighted by Crippen LogP contribution is 2.43. The molecule has 4 aromatic rings. The van der Waals surface area contributed by atoms with Crippen molar-refractivity contribution in [3.63, 3.8) is 0 Å². The van der Waals surface area contributed by atoms with Gasteiger partial charge in [0.1, 0.15) is 19.3 Å². The Balaban J connectivity index is 1.51. The first-order valence-electron chi connectivity index (χ1n) is 12.9. The molecule has 8 nitrogen and oxygen atoms in total. The number of halogens is 2. The monoisotopic (exact) mass is 654 g/mol. The molecule has 0 spiro atoms. The molecule has 0 aliphatic carbocycles. The van der Waals surface area contributed by atoms with E-state index >= 15 is 0 Å². The lowest BCUT2D eigenvalue weighted by atomic mass is 9.95. The number of esters is 1. The van der Waals surface area contributed by atoms with Crippen LogP contribution in [0.5, 0.6) is 11.5 Å². The van der Waals surface area contributed by atoms with E-state index < -0.39 is 12.0 Å². The Morgan fingerprint density at radius 3 is 2.54 bits per heavy atom. The lowest BCUT2D eigenvalue weighted by molar-refractivity contribution is -0.140. The number of hydrogen-bond acceptors (Lipinski definition) is 8. The van der Waals surface area contributed by atoms with Gasteiger partial charge in [-0.2, -0.15) is 4.98 Å². The molecule has 2 heterocycles. The first-order chi connectivity index (χ1) is 19.9. The quantitative estimate of drug-likeness (QED) is 0.140. The highest BCUT2D eigenvalue weighted by atomic mass is 79.9. The van der Waals surface area contributed by atoms with Crippen molar-refractivity contribution in [1.29, 1.82) is 0 Å². The highest BCUT2D eigenvalue weighted by molar-refractivity contribution is 9.10. The van der Waals surface area contributed by atoms with Gasteiger partial charge in [0, 0.05) is 10.7 Å². The van der Waals surface area contributed by atoms with Gasteiger partial charge in [0.15, 0.2) is 11.5 Å². The van der Waals surface area contributed by atoms with Crippen molar-refractivity contribution in [3.8, 4) is 11.5 Å². The number of methoxy groups -OCH3 is 1. The van der Waals surface area contributed by atoms with Crippen molar-refractivity contribution < 1.29 is 19.0 Å². The number of thioether (sulfide) groups is 1. The van der Waals surface area contributed by atoms with Crippen LogP contribution in [0.2, 0.25) is 5.02 Å². The van der Waals surface area contributed by atoms with Crippen molar-refractivity contribution in [2.75, 3.05) is 18.2 Å². The number of carbonyl (C=O) groups is 1. The molecular weight excluding hydrogens is 628 g/mol. The molecule has 1 N–H and O–H groups in total. The maximum absolute atomic E-state index is 13.6. The number of nitrogens with one attached hydrogen (secondary N) is 1. The number of carbonyl (C=O) groups excluding carboxylic acids is 1. The predicted octanol–water partition coefficient (Wildman–Crippen LogP) is 7.43. The summed E-state index contributed by atoms with van der Waals surface area (Å²) in [7, 11) is 1.58. The van der Waals surface area contributed by atoms with E-state index in [0.717, 1.165) is 22.4 Å². The van der Waals surface area contributed by atoms with Crippen molar-refractivity contribution in [1.82, 2.24) is 14.8 Å². The van der Waals surface area contributed by atoms with E-state index in [0.29, 0.717) is 50.0 Å². The fourth-order valence-corrected chi connectivity index (χ4v) is 5.72. The molecule has 11 heteroatoms. The molecule has 1 unspecified atom stereocenters. The molecule has 0 saturated heterocycles. The summed E-state index contributed by atoms with van der Waals surface area (Å²) in [6.07, 6.45) is 0. The molecule has 212 valence electrons. The minimum absolute atomic E-state index is 0.148. The van der Waals surface area contributed by atoms with Crippen molar-refractivity contribution in [2.45, 2.75) is 38.3 Å². The van der Waals surface area contributed by atoms with Crippen LogP contribution in [0.4, 0.5) is 5.95 Å². The summed E-state index contributed by atoms with van der Waals surface area (Å²) in [6, 6.07) is 20.2. The summed E-state index contributed by atoms with van der Waals surface area (Å²) >= 11 is 11.2. The topological polar surface area (TPSA) is 87.5 Å². The molecule has 0 fully saturated rings. The first kappa shape index (κ1) is 29.0. The Labute approximate surface area is 256 Å². The minimum atomic E-state index is -0.622. The number of nitrogens with zero attached hydrogens (tertiary/aromatic N) is 3. The smallest absolute Gasteiger partial charge is 0.338 e. The van der Waals surface area contributed by atoms with Gasteiger partial charge in [0.2, 0.25) is 11.1 Å². The molecule has 0 saturated carbocycles. The van der Waals surface area contributed by atoms with Gasteiger partial charge >= 0.3 is 5.97 Å². The maximum atomic E-state index is 13.6. The summed E-state index contributed by atoms with van der Waals surface area (Å²) in [5.74, 6) is 1.94. The van der Waals surface area contributed by atoms with Gasteiger partial charge in [-0.25, -0.2) is 9.48 Å². The second kappa shape index (κ2) is 13.0. The van der Waals surface area contributed by atoms with Gasteiger partial charge in [0.25, 0.3) is 0 Å². The normalized spacial score (nSPS) is 14.3. The fraction of sp³-hybridized carbons (Fsp3) is 0.233. The first-order valence-corrected chi connectivity index (χ1v) is 15.1. The Morgan fingerprint density at radius 2 is 1.83 bits per heavy atom. The van der Waals surface area contributed by atoms with Crippen molar-refractivity contribution in [2.24, 2.45) is 0 Å². The van der Waals surface area contributed by atoms with E-state index in [4.69, 9.17) is 30.9 Å². The largest absolute Gasteiger partial charge is 0.493 e. The van der Waals surface area contributed by atoms with Gasteiger partial charge in [-0.05, 0) is 69.6 Å². The average Bonchev–Trinajstić information content (AvgIpc) is 3.37. The molecule has 0 amide bonds. The van der Waals surface area contributed by atoms with Crippen LogP contribution >= 0.6 is 39.3 Å². The van der Waals surface area contributed by atoms with Crippen molar-refractivity contribution in [3.05, 3.63) is 104 Å². The molecule has 3 aromatic carbocycles. The maximum Gasteiger partial charge on any atom is 0.338 e. The molecule has 41 heavy (non-hydrogen) atoms. The number of ether oxygens (including phenoxy) is 3. The Kier molecular flexibility index (Phi) is 9.22. The van der Waals surface area contributed by atoms with Crippen LogP contribution < -0.4 is 14.8 Å². The van der Waals surface area contributed by atoms with Crippen LogP contribution in [-0.4, -0.2) is 33.6 Å². The van der Waals surface area contributed by atoms with Gasteiger partial charge in [-0.3, -0.25) is 0 Å². The number of fused-ring (bicyclic) bond motifs is 1. The minimum Gasteiger partial charge on any atom is -0.493 e. The number of rotatable bonds is 10.